The second-order valence-corrected chi connectivity index (χ2v) is 7.33. The van der Waals surface area contributed by atoms with Crippen LogP contribution < -0.4 is 10.0 Å². The highest BCUT2D eigenvalue weighted by atomic mass is 32.2. The number of aromatic carboxylic acids is 1. The number of sulfonamides is 1. The molecule has 1 aromatic rings. The first-order valence-electron chi connectivity index (χ1n) is 6.85. The highest BCUT2D eigenvalue weighted by molar-refractivity contribution is 7.89. The number of carboxylic acids is 1. The molecule has 1 fully saturated rings. The topological polar surface area (TPSA) is 101 Å². The number of rotatable bonds is 4. The monoisotopic (exact) mass is 312 g/mol. The molecule has 6 nitrogen and oxygen atoms in total. The Bertz CT molecular complexity index is 655. The zero-order chi connectivity index (χ0) is 15.8. The lowest BCUT2D eigenvalue weighted by molar-refractivity contribution is 0.0697. The van der Waals surface area contributed by atoms with Gasteiger partial charge in [0.05, 0.1) is 16.1 Å². The van der Waals surface area contributed by atoms with Crippen molar-refractivity contribution in [1.82, 2.24) is 0 Å². The maximum Gasteiger partial charge on any atom is 0.337 e. The minimum absolute atomic E-state index is 0.0223. The summed E-state index contributed by atoms with van der Waals surface area (Å²) in [5.41, 5.74) is 0.531. The Labute approximate surface area is 124 Å². The van der Waals surface area contributed by atoms with Crippen LogP contribution in [0.4, 0.5) is 5.69 Å². The van der Waals surface area contributed by atoms with Crippen LogP contribution in [-0.4, -0.2) is 32.6 Å². The van der Waals surface area contributed by atoms with Crippen LogP contribution in [0.15, 0.2) is 23.1 Å². The van der Waals surface area contributed by atoms with Crippen LogP contribution >= 0.6 is 0 Å². The van der Waals surface area contributed by atoms with E-state index in [0.717, 1.165) is 25.6 Å². The summed E-state index contributed by atoms with van der Waals surface area (Å²) in [7, 11) is -3.91. The van der Waals surface area contributed by atoms with Gasteiger partial charge < -0.3 is 10.0 Å². The molecule has 1 aromatic carbocycles. The second-order valence-electron chi connectivity index (χ2n) is 5.77. The summed E-state index contributed by atoms with van der Waals surface area (Å²) in [5.74, 6) is -0.0972. The SMILES string of the molecule is CC(C)C1CCN(c2ccc(S(N)(=O)=O)cc2C(=O)O)C1. The van der Waals surface area contributed by atoms with Crippen molar-refractivity contribution in [3.63, 3.8) is 0 Å². The molecule has 3 N–H and O–H groups in total. The molecule has 1 atom stereocenters. The Morgan fingerprint density at radius 3 is 2.57 bits per heavy atom. The van der Waals surface area contributed by atoms with E-state index >= 15 is 0 Å². The average Bonchev–Trinajstić information content (AvgIpc) is 2.86. The molecule has 0 aromatic heterocycles. The van der Waals surface area contributed by atoms with Gasteiger partial charge in [-0.05, 0) is 36.5 Å². The van der Waals surface area contributed by atoms with Crippen LogP contribution in [0, 0.1) is 11.8 Å². The molecule has 1 heterocycles. The number of hydrogen-bond donors (Lipinski definition) is 2. The van der Waals surface area contributed by atoms with Crippen LogP contribution in [0.1, 0.15) is 30.6 Å². The molecule has 116 valence electrons. The molecule has 1 unspecified atom stereocenters. The first-order valence-corrected chi connectivity index (χ1v) is 8.40. The summed E-state index contributed by atoms with van der Waals surface area (Å²) < 4.78 is 22.7. The third kappa shape index (κ3) is 3.36. The van der Waals surface area contributed by atoms with Crippen molar-refractivity contribution in [3.8, 4) is 0 Å². The normalized spacial score (nSPS) is 19.2. The molecule has 1 aliphatic heterocycles. The Morgan fingerprint density at radius 1 is 1.43 bits per heavy atom. The lowest BCUT2D eigenvalue weighted by atomic mass is 9.95. The summed E-state index contributed by atoms with van der Waals surface area (Å²) in [6, 6.07) is 4.03. The molecular formula is C14H20N2O4S. The highest BCUT2D eigenvalue weighted by Crippen LogP contribution is 2.31. The summed E-state index contributed by atoms with van der Waals surface area (Å²) in [4.78, 5) is 13.2. The van der Waals surface area contributed by atoms with E-state index in [1.165, 1.54) is 12.1 Å². The van der Waals surface area contributed by atoms with Crippen molar-refractivity contribution in [3.05, 3.63) is 23.8 Å². The molecule has 0 radical (unpaired) electrons. The number of carbonyl (C=O) groups is 1. The van der Waals surface area contributed by atoms with Crippen LogP contribution in [0.5, 0.6) is 0 Å². The fraction of sp³-hybridized carbons (Fsp3) is 0.500. The van der Waals surface area contributed by atoms with E-state index in [1.54, 1.807) is 0 Å². The zero-order valence-electron chi connectivity index (χ0n) is 12.1. The molecule has 21 heavy (non-hydrogen) atoms. The average molecular weight is 312 g/mol. The maximum absolute atomic E-state index is 11.4. The number of hydrogen-bond acceptors (Lipinski definition) is 4. The Kier molecular flexibility index (Phi) is 4.25. The van der Waals surface area contributed by atoms with Gasteiger partial charge in [0.2, 0.25) is 10.0 Å². The Hall–Kier alpha value is -1.60. The van der Waals surface area contributed by atoms with Crippen LogP contribution in [0.2, 0.25) is 0 Å². The fourth-order valence-electron chi connectivity index (χ4n) is 2.69. The van der Waals surface area contributed by atoms with Crippen LogP contribution in [-0.2, 0) is 10.0 Å². The van der Waals surface area contributed by atoms with Crippen molar-refractivity contribution in [2.24, 2.45) is 17.0 Å². The van der Waals surface area contributed by atoms with Crippen LogP contribution in [0.3, 0.4) is 0 Å². The summed E-state index contributed by atoms with van der Waals surface area (Å²) in [6.45, 7) is 5.86. The van der Waals surface area contributed by atoms with Gasteiger partial charge in [-0.25, -0.2) is 18.4 Å². The second kappa shape index (κ2) is 5.65. The quantitative estimate of drug-likeness (QED) is 0.877. The van der Waals surface area contributed by atoms with E-state index in [0.29, 0.717) is 17.5 Å². The largest absolute Gasteiger partial charge is 0.478 e. The molecule has 0 bridgehead atoms. The Morgan fingerprint density at radius 2 is 2.10 bits per heavy atom. The molecule has 2 rings (SSSR count). The van der Waals surface area contributed by atoms with Crippen molar-refractivity contribution in [2.45, 2.75) is 25.2 Å². The number of primary sulfonamides is 1. The molecule has 0 aliphatic carbocycles. The van der Waals surface area contributed by atoms with Gasteiger partial charge in [-0.15, -0.1) is 0 Å². The fourth-order valence-corrected chi connectivity index (χ4v) is 3.23. The molecular weight excluding hydrogens is 292 g/mol. The lowest BCUT2D eigenvalue weighted by Crippen LogP contribution is -2.24. The van der Waals surface area contributed by atoms with Gasteiger partial charge in [-0.1, -0.05) is 13.8 Å². The Balaban J connectivity index is 2.39. The van der Waals surface area contributed by atoms with E-state index in [4.69, 9.17) is 5.14 Å². The first-order chi connectivity index (χ1) is 9.70. The number of benzene rings is 1. The summed E-state index contributed by atoms with van der Waals surface area (Å²) in [5, 5.41) is 14.4. The van der Waals surface area contributed by atoms with Gasteiger partial charge in [0.15, 0.2) is 0 Å². The third-order valence-corrected chi connectivity index (χ3v) is 4.95. The summed E-state index contributed by atoms with van der Waals surface area (Å²) >= 11 is 0. The van der Waals surface area contributed by atoms with E-state index < -0.39 is 16.0 Å². The molecule has 0 saturated carbocycles. The molecule has 7 heteroatoms. The molecule has 0 spiro atoms. The predicted octanol–water partition coefficient (Wildman–Crippen LogP) is 1.51. The number of nitrogens with two attached hydrogens (primary N) is 1. The van der Waals surface area contributed by atoms with E-state index in [1.807, 2.05) is 4.90 Å². The first kappa shape index (κ1) is 15.8. The van der Waals surface area contributed by atoms with Gasteiger partial charge >= 0.3 is 5.97 Å². The van der Waals surface area contributed by atoms with E-state index in [9.17, 15) is 18.3 Å². The third-order valence-electron chi connectivity index (χ3n) is 4.04. The molecule has 1 saturated heterocycles. The van der Waals surface area contributed by atoms with Gasteiger partial charge in [0.25, 0.3) is 0 Å². The van der Waals surface area contributed by atoms with Gasteiger partial charge in [0.1, 0.15) is 0 Å². The smallest absolute Gasteiger partial charge is 0.337 e. The van der Waals surface area contributed by atoms with Crippen molar-refractivity contribution in [1.29, 1.82) is 0 Å². The van der Waals surface area contributed by atoms with Crippen LogP contribution in [0.25, 0.3) is 0 Å². The van der Waals surface area contributed by atoms with Gasteiger partial charge in [0, 0.05) is 13.1 Å². The summed E-state index contributed by atoms with van der Waals surface area (Å²) in [6.07, 6.45) is 1.01. The molecule has 0 amide bonds. The minimum atomic E-state index is -3.91. The van der Waals surface area contributed by atoms with Crippen molar-refractivity contribution in [2.75, 3.05) is 18.0 Å². The predicted molar refractivity (Wildman–Crippen MR) is 79.9 cm³/mol. The van der Waals surface area contributed by atoms with E-state index in [-0.39, 0.29) is 10.5 Å². The minimum Gasteiger partial charge on any atom is -0.478 e. The number of nitrogens with zero attached hydrogens (tertiary/aromatic N) is 1. The van der Waals surface area contributed by atoms with Crippen molar-refractivity contribution >= 4 is 21.7 Å². The van der Waals surface area contributed by atoms with E-state index in [2.05, 4.69) is 13.8 Å². The maximum atomic E-state index is 11.4. The number of carboxylic acid groups (broad SMARTS) is 1. The van der Waals surface area contributed by atoms with Crippen molar-refractivity contribution < 1.29 is 18.3 Å². The standard InChI is InChI=1S/C14H20N2O4S/c1-9(2)10-5-6-16(8-10)13-4-3-11(21(15,19)20)7-12(13)14(17)18/h3-4,7,9-10H,5-6,8H2,1-2H3,(H,17,18)(H2,15,19,20). The van der Waals surface area contributed by atoms with Gasteiger partial charge in [-0.2, -0.15) is 0 Å². The zero-order valence-corrected chi connectivity index (χ0v) is 12.9. The number of anilines is 1. The van der Waals surface area contributed by atoms with Gasteiger partial charge in [-0.3, -0.25) is 0 Å². The molecule has 1 aliphatic rings. The highest BCUT2D eigenvalue weighted by Gasteiger charge is 2.28. The lowest BCUT2D eigenvalue weighted by Gasteiger charge is -2.22.